The number of rotatable bonds is 6. The van der Waals surface area contributed by atoms with Crippen LogP contribution >= 0.6 is 0 Å². The van der Waals surface area contributed by atoms with Gasteiger partial charge in [0.05, 0.1) is 11.7 Å². The Kier molecular flexibility index (Phi) is 5.11. The minimum Gasteiger partial charge on any atom is -0.325 e. The van der Waals surface area contributed by atoms with Crippen LogP contribution in [-0.2, 0) is 4.79 Å². The first-order valence-electron chi connectivity index (χ1n) is 8.55. The van der Waals surface area contributed by atoms with Crippen LogP contribution in [0.15, 0.2) is 0 Å². The minimum atomic E-state index is -0.201. The van der Waals surface area contributed by atoms with E-state index >= 15 is 0 Å². The van der Waals surface area contributed by atoms with Crippen molar-refractivity contribution in [1.82, 2.24) is 10.2 Å². The maximum atomic E-state index is 12.8. The van der Waals surface area contributed by atoms with Gasteiger partial charge in [-0.1, -0.05) is 53.4 Å². The van der Waals surface area contributed by atoms with Crippen molar-refractivity contribution in [2.24, 2.45) is 11.8 Å². The van der Waals surface area contributed by atoms with Crippen LogP contribution in [0.5, 0.6) is 0 Å². The van der Waals surface area contributed by atoms with Gasteiger partial charge < -0.3 is 4.90 Å². The molecular formula is C17H32N2O. The summed E-state index contributed by atoms with van der Waals surface area (Å²) < 4.78 is 0. The van der Waals surface area contributed by atoms with Gasteiger partial charge in [0, 0.05) is 6.54 Å². The molecule has 2 aliphatic rings. The summed E-state index contributed by atoms with van der Waals surface area (Å²) in [4.78, 5) is 15.0. The number of amides is 1. The fourth-order valence-electron chi connectivity index (χ4n) is 3.76. The van der Waals surface area contributed by atoms with Gasteiger partial charge in [0.1, 0.15) is 0 Å². The Morgan fingerprint density at radius 1 is 1.20 bits per heavy atom. The standard InChI is InChI=1S/C17H32N2O/c1-13(2)9-5-8-12-19-15(14(3)4)18-17(16(19)20)10-6-7-11-17/h13-15,18H,5-12H2,1-4H3. The lowest BCUT2D eigenvalue weighted by molar-refractivity contribution is -0.133. The second-order valence-corrected chi connectivity index (χ2v) is 7.51. The summed E-state index contributed by atoms with van der Waals surface area (Å²) >= 11 is 0. The van der Waals surface area contributed by atoms with Crippen molar-refractivity contribution in [3.8, 4) is 0 Å². The van der Waals surface area contributed by atoms with Gasteiger partial charge in [-0.2, -0.15) is 0 Å². The van der Waals surface area contributed by atoms with Gasteiger partial charge in [0.25, 0.3) is 0 Å². The summed E-state index contributed by atoms with van der Waals surface area (Å²) in [7, 11) is 0. The number of carbonyl (C=O) groups excluding carboxylic acids is 1. The molecule has 0 radical (unpaired) electrons. The van der Waals surface area contributed by atoms with Crippen molar-refractivity contribution in [2.75, 3.05) is 6.54 Å². The minimum absolute atomic E-state index is 0.201. The molecule has 3 nitrogen and oxygen atoms in total. The number of hydrogen-bond donors (Lipinski definition) is 1. The van der Waals surface area contributed by atoms with Crippen LogP contribution in [-0.4, -0.2) is 29.1 Å². The van der Waals surface area contributed by atoms with Crippen LogP contribution < -0.4 is 5.32 Å². The molecule has 3 heteroatoms. The van der Waals surface area contributed by atoms with E-state index in [4.69, 9.17) is 0 Å². The van der Waals surface area contributed by atoms with E-state index in [-0.39, 0.29) is 11.7 Å². The van der Waals surface area contributed by atoms with Crippen LogP contribution in [0.1, 0.15) is 72.6 Å². The fourth-order valence-corrected chi connectivity index (χ4v) is 3.76. The monoisotopic (exact) mass is 280 g/mol. The number of nitrogens with one attached hydrogen (secondary N) is 1. The van der Waals surface area contributed by atoms with E-state index in [2.05, 4.69) is 37.9 Å². The molecular weight excluding hydrogens is 248 g/mol. The molecule has 1 amide bonds. The molecule has 0 aromatic carbocycles. The molecule has 1 saturated carbocycles. The van der Waals surface area contributed by atoms with Crippen molar-refractivity contribution in [3.05, 3.63) is 0 Å². The highest BCUT2D eigenvalue weighted by atomic mass is 16.2. The largest absolute Gasteiger partial charge is 0.325 e. The van der Waals surface area contributed by atoms with Gasteiger partial charge in [-0.25, -0.2) is 0 Å². The van der Waals surface area contributed by atoms with E-state index in [1.54, 1.807) is 0 Å². The molecule has 2 rings (SSSR count). The highest BCUT2D eigenvalue weighted by Crippen LogP contribution is 2.37. The topological polar surface area (TPSA) is 32.3 Å². The molecule has 1 N–H and O–H groups in total. The average molecular weight is 280 g/mol. The third-order valence-corrected chi connectivity index (χ3v) is 4.95. The van der Waals surface area contributed by atoms with Gasteiger partial charge >= 0.3 is 0 Å². The lowest BCUT2D eigenvalue weighted by Gasteiger charge is -2.27. The molecule has 116 valence electrons. The molecule has 0 aromatic rings. The van der Waals surface area contributed by atoms with Gasteiger partial charge in [-0.15, -0.1) is 0 Å². The van der Waals surface area contributed by atoms with Crippen molar-refractivity contribution >= 4 is 5.91 Å². The van der Waals surface area contributed by atoms with Crippen molar-refractivity contribution < 1.29 is 4.79 Å². The number of hydrogen-bond acceptors (Lipinski definition) is 2. The van der Waals surface area contributed by atoms with Crippen LogP contribution in [0.4, 0.5) is 0 Å². The van der Waals surface area contributed by atoms with Crippen LogP contribution in [0.2, 0.25) is 0 Å². The molecule has 0 aromatic heterocycles. The molecule has 0 bridgehead atoms. The number of nitrogens with zero attached hydrogens (tertiary/aromatic N) is 1. The zero-order chi connectivity index (χ0) is 14.8. The van der Waals surface area contributed by atoms with E-state index in [1.807, 2.05) is 0 Å². The lowest BCUT2D eigenvalue weighted by atomic mass is 9.98. The first-order chi connectivity index (χ1) is 9.46. The predicted octanol–water partition coefficient (Wildman–Crippen LogP) is 3.54. The normalized spacial score (nSPS) is 25.6. The molecule has 1 heterocycles. The first-order valence-corrected chi connectivity index (χ1v) is 8.55. The lowest BCUT2D eigenvalue weighted by Crippen LogP contribution is -2.45. The molecule has 1 unspecified atom stereocenters. The third-order valence-electron chi connectivity index (χ3n) is 4.95. The van der Waals surface area contributed by atoms with Gasteiger partial charge in [-0.05, 0) is 31.1 Å². The first kappa shape index (κ1) is 15.8. The fraction of sp³-hybridized carbons (Fsp3) is 0.941. The SMILES string of the molecule is CC(C)CCCCN1C(=O)C2(CCCC2)NC1C(C)C. The molecule has 1 aliphatic carbocycles. The number of carbonyl (C=O) groups is 1. The zero-order valence-electron chi connectivity index (χ0n) is 13.7. The molecule has 20 heavy (non-hydrogen) atoms. The summed E-state index contributed by atoms with van der Waals surface area (Å²) in [5, 5.41) is 3.69. The Morgan fingerprint density at radius 3 is 2.40 bits per heavy atom. The third kappa shape index (κ3) is 3.19. The Balaban J connectivity index is 1.95. The maximum absolute atomic E-state index is 12.8. The van der Waals surface area contributed by atoms with Gasteiger partial charge in [0.15, 0.2) is 0 Å². The second kappa shape index (κ2) is 6.46. The number of unbranched alkanes of at least 4 members (excludes halogenated alkanes) is 1. The molecule has 2 fully saturated rings. The van der Waals surface area contributed by atoms with Crippen molar-refractivity contribution in [3.63, 3.8) is 0 Å². The van der Waals surface area contributed by atoms with E-state index < -0.39 is 0 Å². The van der Waals surface area contributed by atoms with Gasteiger partial charge in [-0.3, -0.25) is 10.1 Å². The maximum Gasteiger partial charge on any atom is 0.244 e. The van der Waals surface area contributed by atoms with Gasteiger partial charge in [0.2, 0.25) is 5.91 Å². The summed E-state index contributed by atoms with van der Waals surface area (Å²) in [5.41, 5.74) is -0.201. The van der Waals surface area contributed by atoms with E-state index in [9.17, 15) is 4.79 Å². The summed E-state index contributed by atoms with van der Waals surface area (Å²) in [5.74, 6) is 1.65. The predicted molar refractivity (Wildman–Crippen MR) is 83.4 cm³/mol. The highest BCUT2D eigenvalue weighted by Gasteiger charge is 2.52. The summed E-state index contributed by atoms with van der Waals surface area (Å²) in [6.45, 7) is 9.92. The molecule has 1 atom stereocenters. The van der Waals surface area contributed by atoms with Crippen LogP contribution in [0.25, 0.3) is 0 Å². The summed E-state index contributed by atoms with van der Waals surface area (Å²) in [6, 6.07) is 0. The molecule has 1 aliphatic heterocycles. The zero-order valence-corrected chi connectivity index (χ0v) is 13.7. The quantitative estimate of drug-likeness (QED) is 0.755. The highest BCUT2D eigenvalue weighted by molar-refractivity contribution is 5.89. The Hall–Kier alpha value is -0.570. The van der Waals surface area contributed by atoms with E-state index in [0.29, 0.717) is 11.8 Å². The Morgan fingerprint density at radius 2 is 1.85 bits per heavy atom. The average Bonchev–Trinajstić information content (AvgIpc) is 2.95. The van der Waals surface area contributed by atoms with Crippen molar-refractivity contribution in [2.45, 2.75) is 84.3 Å². The van der Waals surface area contributed by atoms with E-state index in [0.717, 1.165) is 31.7 Å². The van der Waals surface area contributed by atoms with E-state index in [1.165, 1.54) is 25.7 Å². The Labute approximate surface area is 124 Å². The second-order valence-electron chi connectivity index (χ2n) is 7.51. The Bertz CT molecular complexity index is 332. The van der Waals surface area contributed by atoms with Crippen LogP contribution in [0.3, 0.4) is 0 Å². The summed E-state index contributed by atoms with van der Waals surface area (Å²) in [6.07, 6.45) is 8.38. The molecule has 1 spiro atoms. The molecule has 1 saturated heterocycles. The van der Waals surface area contributed by atoms with Crippen LogP contribution in [0, 0.1) is 11.8 Å². The smallest absolute Gasteiger partial charge is 0.244 e. The van der Waals surface area contributed by atoms with Crippen molar-refractivity contribution in [1.29, 1.82) is 0 Å².